The molecule has 35 heavy (non-hydrogen) atoms. The Labute approximate surface area is 203 Å². The van der Waals surface area contributed by atoms with Crippen LogP contribution in [0.25, 0.3) is 0 Å². The van der Waals surface area contributed by atoms with Gasteiger partial charge in [-0.05, 0) is 72.6 Å². The van der Waals surface area contributed by atoms with Crippen molar-refractivity contribution in [2.75, 3.05) is 31.5 Å². The summed E-state index contributed by atoms with van der Waals surface area (Å²) < 4.78 is 29.5. The number of rotatable bonds is 7. The van der Waals surface area contributed by atoms with Crippen LogP contribution in [-0.4, -0.2) is 33.1 Å². The van der Waals surface area contributed by atoms with Gasteiger partial charge in [0.2, 0.25) is 11.8 Å². The topological polar surface area (TPSA) is 77.1 Å². The fourth-order valence-corrected chi connectivity index (χ4v) is 4.40. The number of ether oxygens (including phenoxy) is 3. The predicted octanol–water partition coefficient (Wildman–Crippen LogP) is 4.97. The minimum Gasteiger partial charge on any atom is -0.497 e. The molecule has 1 heterocycles. The summed E-state index contributed by atoms with van der Waals surface area (Å²) in [4.78, 5) is 28.4. The van der Waals surface area contributed by atoms with Gasteiger partial charge >= 0.3 is 0 Å². The van der Waals surface area contributed by atoms with Gasteiger partial charge in [0, 0.05) is 17.8 Å². The standard InChI is InChI=1S/C27H27FN2O5/c1-33-21-11-9-20(10-12-21)30-25(31)15-13-22(27(32)29-19-7-5-18(28)6-8-19)26(30)17-4-14-23(34-2)24(16-17)35-3/h4-12,14,16,22,26H,13,15H2,1-3H3,(H,29,32)/t22-,26+/m1/s1. The highest BCUT2D eigenvalue weighted by molar-refractivity contribution is 6.00. The number of nitrogens with one attached hydrogen (secondary N) is 1. The van der Waals surface area contributed by atoms with Crippen LogP contribution in [0.2, 0.25) is 0 Å². The molecule has 0 spiro atoms. The Bertz CT molecular complexity index is 1200. The lowest BCUT2D eigenvalue weighted by Gasteiger charge is -2.41. The zero-order valence-corrected chi connectivity index (χ0v) is 19.8. The van der Waals surface area contributed by atoms with E-state index in [9.17, 15) is 14.0 Å². The summed E-state index contributed by atoms with van der Waals surface area (Å²) in [6.07, 6.45) is 0.564. The van der Waals surface area contributed by atoms with Gasteiger partial charge in [0.25, 0.3) is 0 Å². The molecule has 3 aromatic carbocycles. The zero-order valence-electron chi connectivity index (χ0n) is 19.8. The van der Waals surface area contributed by atoms with Crippen LogP contribution in [0.1, 0.15) is 24.4 Å². The molecular weight excluding hydrogens is 451 g/mol. The largest absolute Gasteiger partial charge is 0.497 e. The third-order valence-electron chi connectivity index (χ3n) is 6.15. The van der Waals surface area contributed by atoms with E-state index >= 15 is 0 Å². The number of hydrogen-bond donors (Lipinski definition) is 1. The maximum absolute atomic E-state index is 13.5. The Balaban J connectivity index is 1.77. The molecule has 2 amide bonds. The number of methoxy groups -OCH3 is 3. The SMILES string of the molecule is COc1ccc(N2C(=O)CC[C@@H](C(=O)Nc3ccc(F)cc3)[C@@H]2c2ccc(OC)c(OC)c2)cc1. The number of carbonyl (C=O) groups excluding carboxylic acids is 2. The van der Waals surface area contributed by atoms with Crippen LogP contribution in [0.4, 0.5) is 15.8 Å². The first-order chi connectivity index (χ1) is 16.9. The molecule has 8 heteroatoms. The molecule has 0 bridgehead atoms. The van der Waals surface area contributed by atoms with Crippen LogP contribution in [-0.2, 0) is 9.59 Å². The van der Waals surface area contributed by atoms with Crippen molar-refractivity contribution in [3.63, 3.8) is 0 Å². The molecule has 1 aliphatic rings. The Morgan fingerprint density at radius 3 is 2.23 bits per heavy atom. The average Bonchev–Trinajstić information content (AvgIpc) is 2.89. The van der Waals surface area contributed by atoms with E-state index in [0.29, 0.717) is 35.0 Å². The minimum atomic E-state index is -0.607. The van der Waals surface area contributed by atoms with E-state index in [4.69, 9.17) is 14.2 Å². The first-order valence-corrected chi connectivity index (χ1v) is 11.2. The van der Waals surface area contributed by atoms with Crippen molar-refractivity contribution >= 4 is 23.2 Å². The van der Waals surface area contributed by atoms with Gasteiger partial charge in [-0.15, -0.1) is 0 Å². The van der Waals surface area contributed by atoms with E-state index < -0.39 is 12.0 Å². The lowest BCUT2D eigenvalue weighted by Crippen LogP contribution is -2.47. The van der Waals surface area contributed by atoms with Crippen LogP contribution in [0, 0.1) is 11.7 Å². The molecule has 7 nitrogen and oxygen atoms in total. The molecule has 4 rings (SSSR count). The van der Waals surface area contributed by atoms with E-state index in [0.717, 1.165) is 5.56 Å². The molecule has 1 aliphatic heterocycles. The highest BCUT2D eigenvalue weighted by atomic mass is 19.1. The van der Waals surface area contributed by atoms with E-state index in [1.807, 2.05) is 6.07 Å². The summed E-state index contributed by atoms with van der Waals surface area (Å²) in [7, 11) is 4.65. The molecule has 2 atom stereocenters. The summed E-state index contributed by atoms with van der Waals surface area (Å²) in [5, 5.41) is 2.88. The van der Waals surface area contributed by atoms with E-state index in [-0.39, 0.29) is 24.1 Å². The van der Waals surface area contributed by atoms with Crippen molar-refractivity contribution in [3.05, 3.63) is 78.1 Å². The Morgan fingerprint density at radius 2 is 1.60 bits per heavy atom. The van der Waals surface area contributed by atoms with Crippen molar-refractivity contribution in [1.82, 2.24) is 0 Å². The van der Waals surface area contributed by atoms with Crippen molar-refractivity contribution in [2.45, 2.75) is 18.9 Å². The molecule has 0 saturated carbocycles. The Morgan fingerprint density at radius 1 is 0.914 bits per heavy atom. The number of amides is 2. The monoisotopic (exact) mass is 478 g/mol. The maximum Gasteiger partial charge on any atom is 0.229 e. The molecule has 1 fully saturated rings. The first-order valence-electron chi connectivity index (χ1n) is 11.2. The van der Waals surface area contributed by atoms with Gasteiger partial charge in [-0.1, -0.05) is 6.07 Å². The van der Waals surface area contributed by atoms with Crippen molar-refractivity contribution < 1.29 is 28.2 Å². The molecule has 182 valence electrons. The Kier molecular flexibility index (Phi) is 7.19. The molecule has 3 aromatic rings. The van der Waals surface area contributed by atoms with Gasteiger partial charge in [0.15, 0.2) is 11.5 Å². The number of nitrogens with zero attached hydrogens (tertiary/aromatic N) is 1. The molecule has 1 saturated heterocycles. The number of anilines is 2. The van der Waals surface area contributed by atoms with Gasteiger partial charge in [0.1, 0.15) is 11.6 Å². The number of hydrogen-bond acceptors (Lipinski definition) is 5. The van der Waals surface area contributed by atoms with E-state index in [2.05, 4.69) is 5.32 Å². The number of halogens is 1. The van der Waals surface area contributed by atoms with Gasteiger partial charge < -0.3 is 24.4 Å². The van der Waals surface area contributed by atoms with Crippen LogP contribution < -0.4 is 24.4 Å². The predicted molar refractivity (Wildman–Crippen MR) is 131 cm³/mol. The van der Waals surface area contributed by atoms with E-state index in [1.165, 1.54) is 31.4 Å². The second-order valence-electron chi connectivity index (χ2n) is 8.16. The lowest BCUT2D eigenvalue weighted by molar-refractivity contribution is -0.125. The second kappa shape index (κ2) is 10.5. The third-order valence-corrected chi connectivity index (χ3v) is 6.15. The molecule has 1 N–H and O–H groups in total. The number of carbonyl (C=O) groups is 2. The quantitative estimate of drug-likeness (QED) is 0.519. The summed E-state index contributed by atoms with van der Waals surface area (Å²) in [6.45, 7) is 0. The third kappa shape index (κ3) is 5.06. The van der Waals surface area contributed by atoms with Gasteiger partial charge in [0.05, 0.1) is 33.3 Å². The smallest absolute Gasteiger partial charge is 0.229 e. The summed E-state index contributed by atoms with van der Waals surface area (Å²) in [5.41, 5.74) is 1.86. The molecule has 0 radical (unpaired) electrons. The van der Waals surface area contributed by atoms with Crippen LogP contribution in [0.15, 0.2) is 66.7 Å². The fourth-order valence-electron chi connectivity index (χ4n) is 4.40. The number of piperidine rings is 1. The maximum atomic E-state index is 13.5. The van der Waals surface area contributed by atoms with Gasteiger partial charge in [-0.3, -0.25) is 9.59 Å². The van der Waals surface area contributed by atoms with Crippen LogP contribution in [0.5, 0.6) is 17.2 Å². The fraction of sp³-hybridized carbons (Fsp3) is 0.259. The van der Waals surface area contributed by atoms with Gasteiger partial charge in [-0.25, -0.2) is 4.39 Å². The average molecular weight is 479 g/mol. The lowest BCUT2D eigenvalue weighted by atomic mass is 9.83. The van der Waals surface area contributed by atoms with Gasteiger partial charge in [-0.2, -0.15) is 0 Å². The first kappa shape index (κ1) is 24.1. The highest BCUT2D eigenvalue weighted by Gasteiger charge is 2.41. The molecular formula is C27H27FN2O5. The molecule has 0 unspecified atom stereocenters. The van der Waals surface area contributed by atoms with Crippen molar-refractivity contribution in [3.8, 4) is 17.2 Å². The normalized spacial score (nSPS) is 17.6. The summed E-state index contributed by atoms with van der Waals surface area (Å²) >= 11 is 0. The second-order valence-corrected chi connectivity index (χ2v) is 8.16. The van der Waals surface area contributed by atoms with Crippen molar-refractivity contribution in [2.24, 2.45) is 5.92 Å². The molecule has 0 aromatic heterocycles. The zero-order chi connectivity index (χ0) is 24.9. The van der Waals surface area contributed by atoms with Crippen LogP contribution in [0.3, 0.4) is 0 Å². The summed E-state index contributed by atoms with van der Waals surface area (Å²) in [6, 6.07) is 17.5. The number of benzene rings is 3. The van der Waals surface area contributed by atoms with Crippen molar-refractivity contribution in [1.29, 1.82) is 0 Å². The minimum absolute atomic E-state index is 0.0965. The van der Waals surface area contributed by atoms with Crippen LogP contribution >= 0.6 is 0 Å². The Hall–Kier alpha value is -4.07. The summed E-state index contributed by atoms with van der Waals surface area (Å²) in [5.74, 6) is 0.380. The molecule has 0 aliphatic carbocycles. The highest BCUT2D eigenvalue weighted by Crippen LogP contribution is 2.43. The van der Waals surface area contributed by atoms with E-state index in [1.54, 1.807) is 55.5 Å².